The Hall–Kier alpha value is -4.18. The molecule has 0 spiro atoms. The minimum atomic E-state index is -0.555. The lowest BCUT2D eigenvalue weighted by Crippen LogP contribution is -2.29. The number of nitrogens with one attached hydrogen (secondary N) is 4. The first-order chi connectivity index (χ1) is 16.5. The number of fused-ring (bicyclic) bond motifs is 1. The molecule has 172 valence electrons. The molecule has 1 aliphatic carbocycles. The van der Waals surface area contributed by atoms with Gasteiger partial charge in [0.1, 0.15) is 11.4 Å². The Balaban J connectivity index is 1.31. The van der Waals surface area contributed by atoms with Gasteiger partial charge in [0.25, 0.3) is 5.91 Å². The third-order valence-corrected chi connectivity index (χ3v) is 5.97. The predicted molar refractivity (Wildman–Crippen MR) is 130 cm³/mol. The zero-order chi connectivity index (χ0) is 23.9. The molecule has 2 aromatic carbocycles. The molecule has 0 saturated carbocycles. The topological polar surface area (TPSA) is 133 Å². The number of allylic oxidation sites excluding steroid dienone is 2. The Labute approximate surface area is 199 Å². The van der Waals surface area contributed by atoms with Crippen LogP contribution in [0.15, 0.2) is 71.6 Å². The molecule has 0 fully saturated rings. The summed E-state index contributed by atoms with van der Waals surface area (Å²) in [5.41, 5.74) is 1.10. The normalized spacial score (nSPS) is 12.5. The van der Waals surface area contributed by atoms with Gasteiger partial charge in [0, 0.05) is 24.0 Å². The average molecular weight is 476 g/mol. The highest BCUT2D eigenvalue weighted by Crippen LogP contribution is 2.30. The zero-order valence-corrected chi connectivity index (χ0v) is 18.8. The van der Waals surface area contributed by atoms with Gasteiger partial charge in [-0.25, -0.2) is 4.79 Å². The van der Waals surface area contributed by atoms with Crippen molar-refractivity contribution in [2.45, 2.75) is 6.42 Å². The lowest BCUT2D eigenvalue weighted by atomic mass is 9.99. The molecule has 0 bridgehead atoms. The number of carbonyl (C=O) groups is 4. The molecule has 3 aromatic rings. The lowest BCUT2D eigenvalue weighted by Gasteiger charge is -2.12. The number of hydrogen-bond acceptors (Lipinski definition) is 6. The van der Waals surface area contributed by atoms with Crippen molar-refractivity contribution in [2.75, 3.05) is 22.9 Å². The number of ketones is 2. The summed E-state index contributed by atoms with van der Waals surface area (Å²) in [5.74, 6) is -0.926. The van der Waals surface area contributed by atoms with Crippen LogP contribution in [0.2, 0.25) is 0 Å². The number of hydrogen-bond donors (Lipinski definition) is 4. The molecule has 0 radical (unpaired) electrons. The van der Waals surface area contributed by atoms with Crippen molar-refractivity contribution in [1.82, 2.24) is 15.5 Å². The molecule has 1 heterocycles. The van der Waals surface area contributed by atoms with Crippen LogP contribution in [-0.4, -0.2) is 46.0 Å². The lowest BCUT2D eigenvalue weighted by molar-refractivity contribution is 0.0979. The number of urea groups is 1. The van der Waals surface area contributed by atoms with Crippen molar-refractivity contribution >= 4 is 46.6 Å². The number of rotatable bonds is 8. The molecular formula is C24H21N5O4S. The molecule has 1 aliphatic rings. The van der Waals surface area contributed by atoms with Gasteiger partial charge in [0.15, 0.2) is 0 Å². The number of Topliss-reactive ketones (excluding diaryl/α,β-unsaturated/α-hetero) is 1. The van der Waals surface area contributed by atoms with Gasteiger partial charge in [0.05, 0.1) is 10.5 Å². The van der Waals surface area contributed by atoms with Crippen molar-refractivity contribution in [2.24, 2.45) is 0 Å². The number of H-pyrrole nitrogens is 1. The summed E-state index contributed by atoms with van der Waals surface area (Å²) in [4.78, 5) is 50.3. The second-order valence-electron chi connectivity index (χ2n) is 7.29. The van der Waals surface area contributed by atoms with Crippen molar-refractivity contribution in [1.29, 1.82) is 0 Å². The van der Waals surface area contributed by atoms with E-state index in [4.69, 9.17) is 0 Å². The molecule has 34 heavy (non-hydrogen) atoms. The number of thioether (sulfide) groups is 1. The molecule has 1 aromatic heterocycles. The summed E-state index contributed by atoms with van der Waals surface area (Å²) in [6, 6.07) is 17.5. The molecule has 0 saturated heterocycles. The summed E-state index contributed by atoms with van der Waals surface area (Å²) in [6.07, 6.45) is 1.82. The van der Waals surface area contributed by atoms with Crippen LogP contribution in [0.5, 0.6) is 0 Å². The highest BCUT2D eigenvalue weighted by Gasteiger charge is 2.33. The van der Waals surface area contributed by atoms with Crippen LogP contribution in [0, 0.1) is 0 Å². The number of carbonyl (C=O) groups excluding carboxylic acids is 4. The number of anilines is 2. The molecule has 9 nitrogen and oxygen atoms in total. The molecule has 0 atom stereocenters. The van der Waals surface area contributed by atoms with Gasteiger partial charge in [-0.2, -0.15) is 5.10 Å². The maximum atomic E-state index is 13.0. The molecule has 4 rings (SSSR count). The molecule has 0 unspecified atom stereocenters. The van der Waals surface area contributed by atoms with Gasteiger partial charge < -0.3 is 16.0 Å². The van der Waals surface area contributed by atoms with Gasteiger partial charge in [-0.3, -0.25) is 19.5 Å². The number of aromatic amines is 1. The largest absolute Gasteiger partial charge is 0.338 e. The predicted octanol–water partition coefficient (Wildman–Crippen LogP) is 3.87. The van der Waals surface area contributed by atoms with Crippen molar-refractivity contribution in [3.05, 3.63) is 88.6 Å². The SMILES string of the molecule is O=C(NCCCSC1=CC(=O)c2n[nH]c(C(=O)Nc3ccccc3)c2C1=O)Nc1ccccc1. The second kappa shape index (κ2) is 10.6. The minimum Gasteiger partial charge on any atom is -0.338 e. The average Bonchev–Trinajstić information content (AvgIpc) is 3.29. The van der Waals surface area contributed by atoms with E-state index in [1.165, 1.54) is 17.8 Å². The van der Waals surface area contributed by atoms with E-state index in [2.05, 4.69) is 26.1 Å². The molecule has 0 aliphatic heterocycles. The maximum absolute atomic E-state index is 13.0. The molecule has 3 amide bonds. The first-order valence-electron chi connectivity index (χ1n) is 10.5. The van der Waals surface area contributed by atoms with E-state index in [0.29, 0.717) is 30.1 Å². The summed E-state index contributed by atoms with van der Waals surface area (Å²) in [5, 5.41) is 14.6. The zero-order valence-electron chi connectivity index (χ0n) is 18.0. The van der Waals surface area contributed by atoms with Crippen LogP contribution in [0.4, 0.5) is 16.2 Å². The van der Waals surface area contributed by atoms with E-state index >= 15 is 0 Å². The molecular weight excluding hydrogens is 454 g/mol. The Kier molecular flexibility index (Phi) is 7.19. The fourth-order valence-electron chi connectivity index (χ4n) is 3.26. The highest BCUT2D eigenvalue weighted by molar-refractivity contribution is 8.04. The quantitative estimate of drug-likeness (QED) is 0.366. The van der Waals surface area contributed by atoms with Gasteiger partial charge in [-0.15, -0.1) is 11.8 Å². The highest BCUT2D eigenvalue weighted by atomic mass is 32.2. The smallest absolute Gasteiger partial charge is 0.319 e. The fraction of sp³-hybridized carbons (Fsp3) is 0.125. The van der Waals surface area contributed by atoms with E-state index in [0.717, 1.165) is 0 Å². The first kappa shape index (κ1) is 23.0. The Morgan fingerprint density at radius 1 is 0.912 bits per heavy atom. The van der Waals surface area contributed by atoms with Crippen LogP contribution in [0.1, 0.15) is 37.8 Å². The minimum absolute atomic E-state index is 0.0243. The van der Waals surface area contributed by atoms with Gasteiger partial charge in [-0.05, 0) is 36.4 Å². The number of amides is 3. The third kappa shape index (κ3) is 5.41. The van der Waals surface area contributed by atoms with Crippen LogP contribution < -0.4 is 16.0 Å². The summed E-state index contributed by atoms with van der Waals surface area (Å²) < 4.78 is 0. The van der Waals surface area contributed by atoms with Crippen LogP contribution >= 0.6 is 11.8 Å². The van der Waals surface area contributed by atoms with E-state index in [1.54, 1.807) is 36.4 Å². The third-order valence-electron chi connectivity index (χ3n) is 4.87. The Morgan fingerprint density at radius 2 is 1.56 bits per heavy atom. The number of nitrogens with zero attached hydrogens (tertiary/aromatic N) is 1. The van der Waals surface area contributed by atoms with E-state index in [1.807, 2.05) is 24.3 Å². The number of aromatic nitrogens is 2. The summed E-state index contributed by atoms with van der Waals surface area (Å²) >= 11 is 1.20. The standard InChI is InChI=1S/C24H21N5O4S/c30-17-14-18(34-13-7-12-25-24(33)27-16-10-5-2-6-11-16)22(31)19-20(17)28-29-21(19)23(32)26-15-8-3-1-4-9-15/h1-6,8-11,14H,7,12-13H2,(H,26,32)(H,28,29)(H2,25,27,33). The van der Waals surface area contributed by atoms with E-state index in [-0.39, 0.29) is 27.9 Å². The van der Waals surface area contributed by atoms with Gasteiger partial charge >= 0.3 is 6.03 Å². The Bertz CT molecular complexity index is 1250. The summed E-state index contributed by atoms with van der Waals surface area (Å²) in [7, 11) is 0. The molecule has 10 heteroatoms. The van der Waals surface area contributed by atoms with Gasteiger partial charge in [-0.1, -0.05) is 36.4 Å². The van der Waals surface area contributed by atoms with E-state index in [9.17, 15) is 19.2 Å². The Morgan fingerprint density at radius 3 is 2.24 bits per heavy atom. The van der Waals surface area contributed by atoms with Crippen LogP contribution in [0.3, 0.4) is 0 Å². The summed E-state index contributed by atoms with van der Waals surface area (Å²) in [6.45, 7) is 0.392. The van der Waals surface area contributed by atoms with Crippen molar-refractivity contribution in [3.63, 3.8) is 0 Å². The second-order valence-corrected chi connectivity index (χ2v) is 8.43. The monoisotopic (exact) mass is 475 g/mol. The fourth-order valence-corrected chi connectivity index (χ4v) is 4.19. The molecule has 4 N–H and O–H groups in total. The van der Waals surface area contributed by atoms with Crippen LogP contribution in [0.25, 0.3) is 0 Å². The first-order valence-corrected chi connectivity index (χ1v) is 11.5. The number of para-hydroxylation sites is 2. The van der Waals surface area contributed by atoms with E-state index < -0.39 is 17.5 Å². The van der Waals surface area contributed by atoms with Crippen molar-refractivity contribution in [3.8, 4) is 0 Å². The number of benzene rings is 2. The van der Waals surface area contributed by atoms with Gasteiger partial charge in [0.2, 0.25) is 11.6 Å². The maximum Gasteiger partial charge on any atom is 0.319 e. The van der Waals surface area contributed by atoms with Crippen molar-refractivity contribution < 1.29 is 19.2 Å². The van der Waals surface area contributed by atoms with Crippen LogP contribution in [-0.2, 0) is 0 Å².